The molecule has 4 rings (SSSR count). The van der Waals surface area contributed by atoms with Gasteiger partial charge in [-0.1, -0.05) is 19.9 Å². The highest BCUT2D eigenvalue weighted by Gasteiger charge is 2.38. The number of ether oxygens (including phenoxy) is 1. The Morgan fingerprint density at radius 1 is 1.00 bits per heavy atom. The third-order valence-corrected chi connectivity index (χ3v) is 6.50. The largest absolute Gasteiger partial charge is 0.390 e. The van der Waals surface area contributed by atoms with Crippen molar-refractivity contribution in [1.82, 2.24) is 19.7 Å². The molecule has 0 radical (unpaired) electrons. The number of β-amino-alcohol motifs (C(OH)–C–C–N with tert-alkyl or cyclic N) is 1. The fourth-order valence-electron chi connectivity index (χ4n) is 5.18. The minimum Gasteiger partial charge on any atom is -0.390 e. The monoisotopic (exact) mass is 403 g/mol. The van der Waals surface area contributed by atoms with Crippen molar-refractivity contribution in [3.63, 3.8) is 0 Å². The predicted molar refractivity (Wildman–Crippen MR) is 115 cm³/mol. The van der Waals surface area contributed by atoms with E-state index in [0.717, 1.165) is 84.5 Å². The van der Waals surface area contributed by atoms with Crippen molar-refractivity contribution in [2.24, 2.45) is 5.41 Å². The van der Waals surface area contributed by atoms with E-state index in [-0.39, 0.29) is 17.6 Å². The number of aromatic nitrogens is 1. The molecule has 162 valence electrons. The van der Waals surface area contributed by atoms with Crippen LogP contribution in [0.25, 0.3) is 0 Å². The standard InChI is InChI=1S/C22H37N5O2/c1-22(2,17-24-11-13-29-14-12-24)18-25-15-19(20(28)16-25)26-7-9-27(10-8-26)21-5-3-4-6-23-21/h3-6,19-20,28H,7-18H2,1-2H3/t19-,20-/m0/s1. The van der Waals surface area contributed by atoms with Gasteiger partial charge in [-0.25, -0.2) is 4.98 Å². The number of anilines is 1. The van der Waals surface area contributed by atoms with Crippen molar-refractivity contribution in [1.29, 1.82) is 0 Å². The van der Waals surface area contributed by atoms with Crippen molar-refractivity contribution in [3.8, 4) is 0 Å². The van der Waals surface area contributed by atoms with Crippen molar-refractivity contribution < 1.29 is 9.84 Å². The fourth-order valence-corrected chi connectivity index (χ4v) is 5.18. The first kappa shape index (κ1) is 21.0. The van der Waals surface area contributed by atoms with E-state index < -0.39 is 0 Å². The molecule has 4 heterocycles. The molecule has 3 saturated heterocycles. The Kier molecular flexibility index (Phi) is 6.71. The minimum absolute atomic E-state index is 0.212. The summed E-state index contributed by atoms with van der Waals surface area (Å²) in [6.45, 7) is 16.3. The zero-order valence-electron chi connectivity index (χ0n) is 18.0. The van der Waals surface area contributed by atoms with Gasteiger partial charge in [0.2, 0.25) is 0 Å². The summed E-state index contributed by atoms with van der Waals surface area (Å²) in [5.74, 6) is 1.06. The van der Waals surface area contributed by atoms with Crippen LogP contribution in [0.2, 0.25) is 0 Å². The van der Waals surface area contributed by atoms with Crippen LogP contribution in [-0.2, 0) is 4.74 Å². The Bertz CT molecular complexity index is 629. The molecule has 3 aliphatic rings. The lowest BCUT2D eigenvalue weighted by Crippen LogP contribution is -2.54. The maximum Gasteiger partial charge on any atom is 0.128 e. The van der Waals surface area contributed by atoms with E-state index >= 15 is 0 Å². The predicted octanol–water partition coefficient (Wildman–Crippen LogP) is 0.607. The second-order valence-corrected chi connectivity index (χ2v) is 9.59. The number of aliphatic hydroxyl groups is 1. The van der Waals surface area contributed by atoms with Crippen molar-refractivity contribution >= 4 is 5.82 Å². The molecule has 1 aromatic rings. The molecule has 1 aromatic heterocycles. The number of piperazine rings is 1. The number of aliphatic hydroxyl groups excluding tert-OH is 1. The Labute approximate surface area is 175 Å². The van der Waals surface area contributed by atoms with E-state index in [4.69, 9.17) is 4.74 Å². The smallest absolute Gasteiger partial charge is 0.128 e. The molecule has 0 saturated carbocycles. The van der Waals surface area contributed by atoms with Gasteiger partial charge in [-0.3, -0.25) is 14.7 Å². The maximum absolute atomic E-state index is 10.8. The van der Waals surface area contributed by atoms with Crippen LogP contribution >= 0.6 is 0 Å². The fraction of sp³-hybridized carbons (Fsp3) is 0.773. The molecule has 1 N–H and O–H groups in total. The summed E-state index contributed by atoms with van der Waals surface area (Å²) in [5.41, 5.74) is 0.212. The molecule has 29 heavy (non-hydrogen) atoms. The zero-order chi connectivity index (χ0) is 20.3. The summed E-state index contributed by atoms with van der Waals surface area (Å²) in [6, 6.07) is 6.34. The van der Waals surface area contributed by atoms with Gasteiger partial charge in [0.15, 0.2) is 0 Å². The van der Waals surface area contributed by atoms with E-state index in [0.29, 0.717) is 0 Å². The SMILES string of the molecule is CC(C)(CN1CCOCC1)CN1C[C@H](O)[C@@H](N2CCN(c3ccccn3)CC2)C1. The van der Waals surface area contributed by atoms with Crippen LogP contribution in [0.5, 0.6) is 0 Å². The molecule has 7 nitrogen and oxygen atoms in total. The lowest BCUT2D eigenvalue weighted by Gasteiger charge is -2.39. The number of pyridine rings is 1. The van der Waals surface area contributed by atoms with E-state index in [9.17, 15) is 5.11 Å². The molecular weight excluding hydrogens is 366 g/mol. The number of morpholine rings is 1. The molecule has 0 spiro atoms. The van der Waals surface area contributed by atoms with E-state index in [1.54, 1.807) is 0 Å². The molecule has 7 heteroatoms. The van der Waals surface area contributed by atoms with Gasteiger partial charge in [0, 0.05) is 77.7 Å². The van der Waals surface area contributed by atoms with Crippen molar-refractivity contribution in [2.45, 2.75) is 26.0 Å². The Balaban J connectivity index is 1.26. The number of nitrogens with zero attached hydrogens (tertiary/aromatic N) is 5. The quantitative estimate of drug-likeness (QED) is 0.747. The highest BCUT2D eigenvalue weighted by molar-refractivity contribution is 5.38. The first-order chi connectivity index (χ1) is 14.0. The Morgan fingerprint density at radius 3 is 2.41 bits per heavy atom. The van der Waals surface area contributed by atoms with Crippen molar-refractivity contribution in [3.05, 3.63) is 24.4 Å². The number of rotatable bonds is 6. The van der Waals surface area contributed by atoms with Crippen LogP contribution in [0, 0.1) is 5.41 Å². The third-order valence-electron chi connectivity index (χ3n) is 6.50. The Hall–Kier alpha value is -1.25. The van der Waals surface area contributed by atoms with Gasteiger partial charge >= 0.3 is 0 Å². The van der Waals surface area contributed by atoms with Gasteiger partial charge in [0.05, 0.1) is 19.3 Å². The molecule has 0 aliphatic carbocycles. The molecular formula is C22H37N5O2. The minimum atomic E-state index is -0.254. The lowest BCUT2D eigenvalue weighted by atomic mass is 9.92. The zero-order valence-corrected chi connectivity index (χ0v) is 18.0. The number of hydrogen-bond donors (Lipinski definition) is 1. The van der Waals surface area contributed by atoms with Crippen LogP contribution in [0.3, 0.4) is 0 Å². The summed E-state index contributed by atoms with van der Waals surface area (Å²) < 4.78 is 5.48. The molecule has 0 amide bonds. The van der Waals surface area contributed by atoms with Crippen LogP contribution in [-0.4, -0.2) is 116 Å². The molecule has 3 aliphatic heterocycles. The highest BCUT2D eigenvalue weighted by Crippen LogP contribution is 2.25. The summed E-state index contributed by atoms with van der Waals surface area (Å²) in [5, 5.41) is 10.8. The summed E-state index contributed by atoms with van der Waals surface area (Å²) >= 11 is 0. The second-order valence-electron chi connectivity index (χ2n) is 9.59. The van der Waals surface area contributed by atoms with Crippen LogP contribution in [0.1, 0.15) is 13.8 Å². The summed E-state index contributed by atoms with van der Waals surface area (Å²) in [4.78, 5) is 14.3. The average molecular weight is 404 g/mol. The van der Waals surface area contributed by atoms with Gasteiger partial charge in [0.25, 0.3) is 0 Å². The van der Waals surface area contributed by atoms with E-state index in [1.807, 2.05) is 18.3 Å². The lowest BCUT2D eigenvalue weighted by molar-refractivity contribution is 0.0157. The molecule has 3 fully saturated rings. The number of likely N-dealkylation sites (tertiary alicyclic amines) is 1. The highest BCUT2D eigenvalue weighted by atomic mass is 16.5. The normalized spacial score (nSPS) is 28.2. The molecule has 0 bridgehead atoms. The van der Waals surface area contributed by atoms with Gasteiger partial charge in [0.1, 0.15) is 5.82 Å². The third kappa shape index (κ3) is 5.47. The second kappa shape index (κ2) is 9.27. The van der Waals surface area contributed by atoms with Gasteiger partial charge in [-0.05, 0) is 17.5 Å². The summed E-state index contributed by atoms with van der Waals surface area (Å²) in [6.07, 6.45) is 1.61. The Morgan fingerprint density at radius 2 is 1.72 bits per heavy atom. The first-order valence-corrected chi connectivity index (χ1v) is 11.1. The van der Waals surface area contributed by atoms with Gasteiger partial charge < -0.3 is 14.7 Å². The van der Waals surface area contributed by atoms with E-state index in [2.05, 4.69) is 44.5 Å². The molecule has 0 aromatic carbocycles. The molecule has 0 unspecified atom stereocenters. The van der Waals surface area contributed by atoms with Crippen LogP contribution < -0.4 is 4.90 Å². The van der Waals surface area contributed by atoms with Crippen LogP contribution in [0.4, 0.5) is 5.82 Å². The van der Waals surface area contributed by atoms with E-state index in [1.165, 1.54) is 0 Å². The first-order valence-electron chi connectivity index (χ1n) is 11.1. The van der Waals surface area contributed by atoms with Crippen molar-refractivity contribution in [2.75, 3.05) is 83.6 Å². The number of hydrogen-bond acceptors (Lipinski definition) is 7. The van der Waals surface area contributed by atoms with Gasteiger partial charge in [-0.15, -0.1) is 0 Å². The topological polar surface area (TPSA) is 55.3 Å². The summed E-state index contributed by atoms with van der Waals surface area (Å²) in [7, 11) is 0. The van der Waals surface area contributed by atoms with Gasteiger partial charge in [-0.2, -0.15) is 0 Å². The van der Waals surface area contributed by atoms with Crippen LogP contribution in [0.15, 0.2) is 24.4 Å². The maximum atomic E-state index is 10.8. The average Bonchev–Trinajstić information content (AvgIpc) is 3.08. The molecule has 2 atom stereocenters.